The van der Waals surface area contributed by atoms with Gasteiger partial charge in [0.25, 0.3) is 0 Å². The summed E-state index contributed by atoms with van der Waals surface area (Å²) in [6.45, 7) is 1.42. The second-order valence-electron chi connectivity index (χ2n) is 3.58. The average Bonchev–Trinajstić information content (AvgIpc) is 2.39. The molecule has 0 atom stereocenters. The fourth-order valence-electron chi connectivity index (χ4n) is 1.59. The Bertz CT molecular complexity index is 470. The van der Waals surface area contributed by atoms with Gasteiger partial charge < -0.3 is 10.5 Å². The molecule has 0 saturated heterocycles. The van der Waals surface area contributed by atoms with E-state index in [4.69, 9.17) is 10.5 Å². The van der Waals surface area contributed by atoms with Crippen molar-refractivity contribution in [2.24, 2.45) is 5.73 Å². The topological polar surface area (TPSA) is 48.1 Å². The molecule has 2 rings (SSSR count). The predicted molar refractivity (Wildman–Crippen MR) is 73.6 cm³/mol. The zero-order valence-electron chi connectivity index (χ0n) is 9.63. The first-order chi connectivity index (χ1) is 8.42. The number of rotatable bonds is 6. The first kappa shape index (κ1) is 12.2. The van der Waals surface area contributed by atoms with Gasteiger partial charge in [-0.25, -0.2) is 0 Å². The van der Waals surface area contributed by atoms with Crippen LogP contribution in [-0.2, 0) is 0 Å². The molecule has 0 bridgehead atoms. The lowest BCUT2D eigenvalue weighted by molar-refractivity contribution is 0.347. The number of para-hydroxylation sites is 1. The normalized spacial score (nSPS) is 10.6. The standard InChI is InChI=1S/C13H16N2OS/c14-6-9-17-10-8-16-12-5-1-3-11-4-2-7-15-13(11)12/h1-5,7H,6,8-10,14H2. The summed E-state index contributed by atoms with van der Waals surface area (Å²) in [5, 5.41) is 1.11. The molecule has 0 aliphatic rings. The van der Waals surface area contributed by atoms with Crippen LogP contribution in [0, 0.1) is 0 Å². The third-order valence-electron chi connectivity index (χ3n) is 2.34. The van der Waals surface area contributed by atoms with E-state index in [2.05, 4.69) is 4.98 Å². The molecule has 1 aromatic carbocycles. The Labute approximate surface area is 105 Å². The summed E-state index contributed by atoms with van der Waals surface area (Å²) >= 11 is 1.81. The van der Waals surface area contributed by atoms with E-state index in [0.29, 0.717) is 6.61 Å². The summed E-state index contributed by atoms with van der Waals surface area (Å²) in [6, 6.07) is 9.97. The Morgan fingerprint density at radius 2 is 2.06 bits per heavy atom. The highest BCUT2D eigenvalue weighted by atomic mass is 32.2. The van der Waals surface area contributed by atoms with Crippen LogP contribution in [0.15, 0.2) is 36.5 Å². The van der Waals surface area contributed by atoms with Crippen LogP contribution >= 0.6 is 11.8 Å². The van der Waals surface area contributed by atoms with Crippen molar-refractivity contribution >= 4 is 22.7 Å². The van der Waals surface area contributed by atoms with Gasteiger partial charge in [-0.05, 0) is 12.1 Å². The van der Waals surface area contributed by atoms with Gasteiger partial charge in [0.2, 0.25) is 0 Å². The number of ether oxygens (including phenoxy) is 1. The van der Waals surface area contributed by atoms with E-state index in [1.807, 2.05) is 42.1 Å². The Kier molecular flexibility index (Phi) is 4.64. The van der Waals surface area contributed by atoms with Crippen LogP contribution in [0.1, 0.15) is 0 Å². The van der Waals surface area contributed by atoms with E-state index in [1.54, 1.807) is 6.20 Å². The van der Waals surface area contributed by atoms with Crippen LogP contribution in [0.3, 0.4) is 0 Å². The van der Waals surface area contributed by atoms with Crippen molar-refractivity contribution in [3.8, 4) is 5.75 Å². The number of aromatic nitrogens is 1. The Balaban J connectivity index is 1.98. The molecular formula is C13H16N2OS. The molecule has 1 heterocycles. The first-order valence-corrected chi connectivity index (χ1v) is 6.81. The van der Waals surface area contributed by atoms with Gasteiger partial charge in [-0.15, -0.1) is 0 Å². The van der Waals surface area contributed by atoms with Crippen molar-refractivity contribution in [1.29, 1.82) is 0 Å². The minimum Gasteiger partial charge on any atom is -0.490 e. The summed E-state index contributed by atoms with van der Waals surface area (Å²) in [4.78, 5) is 4.34. The number of benzene rings is 1. The lowest BCUT2D eigenvalue weighted by atomic mass is 10.2. The molecule has 1 aromatic heterocycles. The molecule has 0 amide bonds. The maximum Gasteiger partial charge on any atom is 0.145 e. The lowest BCUT2D eigenvalue weighted by Gasteiger charge is -2.08. The minimum absolute atomic E-state index is 0.695. The fourth-order valence-corrected chi connectivity index (χ4v) is 2.16. The average molecular weight is 248 g/mol. The second kappa shape index (κ2) is 6.47. The Hall–Kier alpha value is -1.26. The van der Waals surface area contributed by atoms with Gasteiger partial charge >= 0.3 is 0 Å². The maximum atomic E-state index is 5.74. The van der Waals surface area contributed by atoms with Crippen LogP contribution in [0.5, 0.6) is 5.75 Å². The summed E-state index contributed by atoms with van der Waals surface area (Å²) < 4.78 is 5.74. The minimum atomic E-state index is 0.695. The summed E-state index contributed by atoms with van der Waals surface area (Å²) in [5.41, 5.74) is 6.35. The molecule has 0 fully saturated rings. The third kappa shape index (κ3) is 3.35. The molecule has 2 N–H and O–H groups in total. The zero-order valence-corrected chi connectivity index (χ0v) is 10.5. The number of nitrogens with two attached hydrogens (primary N) is 1. The number of pyridine rings is 1. The van der Waals surface area contributed by atoms with Crippen molar-refractivity contribution in [2.45, 2.75) is 0 Å². The molecule has 0 radical (unpaired) electrons. The summed E-state index contributed by atoms with van der Waals surface area (Å²) in [7, 11) is 0. The molecule has 3 nitrogen and oxygen atoms in total. The van der Waals surface area contributed by atoms with Crippen LogP contribution in [0.25, 0.3) is 10.9 Å². The molecule has 0 aliphatic heterocycles. The van der Waals surface area contributed by atoms with Gasteiger partial charge in [0.05, 0.1) is 6.61 Å². The molecule has 90 valence electrons. The van der Waals surface area contributed by atoms with Crippen molar-refractivity contribution in [2.75, 3.05) is 24.7 Å². The molecule has 4 heteroatoms. The van der Waals surface area contributed by atoms with Crippen molar-refractivity contribution in [1.82, 2.24) is 4.98 Å². The van der Waals surface area contributed by atoms with Crippen LogP contribution in [-0.4, -0.2) is 29.6 Å². The van der Waals surface area contributed by atoms with Gasteiger partial charge in [-0.2, -0.15) is 11.8 Å². The van der Waals surface area contributed by atoms with E-state index in [1.165, 1.54) is 0 Å². The van der Waals surface area contributed by atoms with Crippen LogP contribution < -0.4 is 10.5 Å². The van der Waals surface area contributed by atoms with Gasteiger partial charge in [-0.1, -0.05) is 18.2 Å². The molecule has 2 aromatic rings. The predicted octanol–water partition coefficient (Wildman–Crippen LogP) is 2.31. The number of hydrogen-bond donors (Lipinski definition) is 1. The third-order valence-corrected chi connectivity index (χ3v) is 3.32. The van der Waals surface area contributed by atoms with Crippen molar-refractivity contribution in [3.63, 3.8) is 0 Å². The molecule has 17 heavy (non-hydrogen) atoms. The molecule has 0 spiro atoms. The smallest absolute Gasteiger partial charge is 0.145 e. The maximum absolute atomic E-state index is 5.74. The van der Waals surface area contributed by atoms with Crippen LogP contribution in [0.4, 0.5) is 0 Å². The number of nitrogens with zero attached hydrogens (tertiary/aromatic N) is 1. The van der Waals surface area contributed by atoms with Crippen molar-refractivity contribution < 1.29 is 4.74 Å². The monoisotopic (exact) mass is 248 g/mol. The number of fused-ring (bicyclic) bond motifs is 1. The quantitative estimate of drug-likeness (QED) is 0.797. The van der Waals surface area contributed by atoms with E-state index in [9.17, 15) is 0 Å². The summed E-state index contributed by atoms with van der Waals surface area (Å²) in [5.74, 6) is 2.80. The van der Waals surface area contributed by atoms with Crippen molar-refractivity contribution in [3.05, 3.63) is 36.5 Å². The Morgan fingerprint density at radius 1 is 1.18 bits per heavy atom. The molecule has 0 unspecified atom stereocenters. The SMILES string of the molecule is NCCSCCOc1cccc2cccnc12. The number of thioether (sulfide) groups is 1. The largest absolute Gasteiger partial charge is 0.490 e. The lowest BCUT2D eigenvalue weighted by Crippen LogP contribution is -2.05. The molecular weight excluding hydrogens is 232 g/mol. The second-order valence-corrected chi connectivity index (χ2v) is 4.81. The number of hydrogen-bond acceptors (Lipinski definition) is 4. The molecule has 0 aliphatic carbocycles. The first-order valence-electron chi connectivity index (χ1n) is 5.66. The van der Waals surface area contributed by atoms with Crippen LogP contribution in [0.2, 0.25) is 0 Å². The fraction of sp³-hybridized carbons (Fsp3) is 0.308. The Morgan fingerprint density at radius 3 is 2.94 bits per heavy atom. The van der Waals surface area contributed by atoms with Gasteiger partial charge in [0, 0.05) is 29.6 Å². The highest BCUT2D eigenvalue weighted by molar-refractivity contribution is 7.99. The van der Waals surface area contributed by atoms with E-state index in [0.717, 1.165) is 34.7 Å². The highest BCUT2D eigenvalue weighted by Gasteiger charge is 2.01. The van der Waals surface area contributed by atoms with E-state index in [-0.39, 0.29) is 0 Å². The highest BCUT2D eigenvalue weighted by Crippen LogP contribution is 2.22. The van der Waals surface area contributed by atoms with Gasteiger partial charge in [0.15, 0.2) is 0 Å². The molecule has 0 saturated carbocycles. The van der Waals surface area contributed by atoms with E-state index < -0.39 is 0 Å². The van der Waals surface area contributed by atoms with E-state index >= 15 is 0 Å². The zero-order chi connectivity index (χ0) is 11.9. The summed E-state index contributed by atoms with van der Waals surface area (Å²) in [6.07, 6.45) is 1.79. The van der Waals surface area contributed by atoms with Gasteiger partial charge in [-0.3, -0.25) is 4.98 Å². The van der Waals surface area contributed by atoms with Gasteiger partial charge in [0.1, 0.15) is 11.3 Å².